The van der Waals surface area contributed by atoms with Crippen molar-refractivity contribution in [1.82, 2.24) is 15.2 Å². The molecule has 2 atom stereocenters. The number of nitrogens with zero attached hydrogens (tertiary/aromatic N) is 2. The lowest BCUT2D eigenvalue weighted by molar-refractivity contribution is -0.0586. The van der Waals surface area contributed by atoms with Gasteiger partial charge in [-0.3, -0.25) is 9.59 Å². The molecule has 8 heteroatoms. The normalized spacial score (nSPS) is 18.0. The van der Waals surface area contributed by atoms with Crippen molar-refractivity contribution in [2.45, 2.75) is 49.6 Å². The van der Waals surface area contributed by atoms with Gasteiger partial charge in [0.2, 0.25) is 0 Å². The van der Waals surface area contributed by atoms with Crippen LogP contribution < -0.4 is 5.32 Å². The molecule has 2 heterocycles. The first-order valence-corrected chi connectivity index (χ1v) is 13.2. The molecular formula is C26H29N3O3S2. The molecule has 178 valence electrons. The third-order valence-electron chi connectivity index (χ3n) is 5.54. The first-order chi connectivity index (χ1) is 16.4. The molecule has 34 heavy (non-hydrogen) atoms. The molecule has 0 spiro atoms. The number of hydrogen-bond donors (Lipinski definition) is 1. The molecular weight excluding hydrogens is 466 g/mol. The van der Waals surface area contributed by atoms with Gasteiger partial charge in [0.15, 0.2) is 0 Å². The van der Waals surface area contributed by atoms with E-state index in [2.05, 4.69) is 10.3 Å². The summed E-state index contributed by atoms with van der Waals surface area (Å²) in [7, 11) is 0. The highest BCUT2D eigenvalue weighted by molar-refractivity contribution is 8.00. The molecule has 0 radical (unpaired) electrons. The molecule has 3 aromatic rings. The fourth-order valence-corrected chi connectivity index (χ4v) is 5.68. The molecule has 1 aliphatic heterocycles. The zero-order chi connectivity index (χ0) is 24.1. The number of thioether (sulfide) groups is 1. The number of amides is 2. The van der Waals surface area contributed by atoms with Gasteiger partial charge in [0, 0.05) is 47.6 Å². The molecule has 0 bridgehead atoms. The smallest absolute Gasteiger partial charge is 0.254 e. The quantitative estimate of drug-likeness (QED) is 0.471. The second-order valence-corrected chi connectivity index (χ2v) is 10.7. The summed E-state index contributed by atoms with van der Waals surface area (Å²) in [4.78, 5) is 31.7. The van der Waals surface area contributed by atoms with Crippen molar-refractivity contribution < 1.29 is 14.3 Å². The third-order valence-corrected chi connectivity index (χ3v) is 7.75. The number of morpholine rings is 1. The van der Waals surface area contributed by atoms with Crippen molar-refractivity contribution in [3.63, 3.8) is 0 Å². The van der Waals surface area contributed by atoms with E-state index in [-0.39, 0.29) is 24.0 Å². The van der Waals surface area contributed by atoms with Crippen LogP contribution in [0.4, 0.5) is 0 Å². The van der Waals surface area contributed by atoms with Crippen LogP contribution >= 0.6 is 23.1 Å². The van der Waals surface area contributed by atoms with Crippen molar-refractivity contribution >= 4 is 34.9 Å². The van der Waals surface area contributed by atoms with Gasteiger partial charge < -0.3 is 15.0 Å². The van der Waals surface area contributed by atoms with E-state index in [0.717, 1.165) is 26.9 Å². The molecule has 1 aliphatic rings. The molecule has 4 rings (SSSR count). The Morgan fingerprint density at radius 3 is 2.26 bits per heavy atom. The zero-order valence-electron chi connectivity index (χ0n) is 19.6. The second-order valence-electron chi connectivity index (χ2n) is 8.59. The van der Waals surface area contributed by atoms with E-state index in [4.69, 9.17) is 4.74 Å². The average molecular weight is 496 g/mol. The lowest BCUT2D eigenvalue weighted by Crippen LogP contribution is -2.48. The van der Waals surface area contributed by atoms with Crippen molar-refractivity contribution in [3.8, 4) is 0 Å². The van der Waals surface area contributed by atoms with Gasteiger partial charge in [-0.25, -0.2) is 4.98 Å². The van der Waals surface area contributed by atoms with Crippen molar-refractivity contribution in [2.75, 3.05) is 13.1 Å². The fourth-order valence-electron chi connectivity index (χ4n) is 3.87. The van der Waals surface area contributed by atoms with Crippen LogP contribution in [0.2, 0.25) is 0 Å². The molecule has 0 aliphatic carbocycles. The van der Waals surface area contributed by atoms with Crippen LogP contribution in [-0.2, 0) is 17.0 Å². The van der Waals surface area contributed by atoms with E-state index in [9.17, 15) is 9.59 Å². The van der Waals surface area contributed by atoms with Gasteiger partial charge in [-0.2, -0.15) is 0 Å². The van der Waals surface area contributed by atoms with Crippen LogP contribution in [0.3, 0.4) is 0 Å². The minimum Gasteiger partial charge on any atom is -0.372 e. The average Bonchev–Trinajstić information content (AvgIpc) is 3.26. The highest BCUT2D eigenvalue weighted by Crippen LogP contribution is 2.26. The number of aromatic nitrogens is 1. The number of aryl methyl sites for hydroxylation is 1. The second kappa shape index (κ2) is 11.2. The molecule has 0 saturated carbocycles. The fraction of sp³-hybridized carbons (Fsp3) is 0.346. The third kappa shape index (κ3) is 6.46. The number of ether oxygens (including phenoxy) is 1. The van der Waals surface area contributed by atoms with Crippen molar-refractivity contribution in [2.24, 2.45) is 0 Å². The molecule has 1 fully saturated rings. The largest absolute Gasteiger partial charge is 0.372 e. The lowest BCUT2D eigenvalue weighted by atomic mass is 10.1. The minimum atomic E-state index is -0.119. The Morgan fingerprint density at radius 2 is 1.65 bits per heavy atom. The SMILES string of the molecule is Cc1csc(SCc2ccc(C(=O)NCc3ccc(C(=O)N4CC(C)OC(C)C4)cc3)cc2)n1. The van der Waals surface area contributed by atoms with Crippen molar-refractivity contribution in [3.05, 3.63) is 81.9 Å². The highest BCUT2D eigenvalue weighted by Gasteiger charge is 2.26. The monoisotopic (exact) mass is 495 g/mol. The van der Waals surface area contributed by atoms with Gasteiger partial charge in [-0.15, -0.1) is 11.3 Å². The molecule has 1 aromatic heterocycles. The highest BCUT2D eigenvalue weighted by atomic mass is 32.2. The number of hydrogen-bond acceptors (Lipinski definition) is 6. The zero-order valence-corrected chi connectivity index (χ0v) is 21.2. The number of carbonyl (C=O) groups is 2. The van der Waals surface area contributed by atoms with Gasteiger partial charge in [-0.1, -0.05) is 36.0 Å². The van der Waals surface area contributed by atoms with Gasteiger partial charge in [0.05, 0.1) is 12.2 Å². The first kappa shape index (κ1) is 24.4. The summed E-state index contributed by atoms with van der Waals surface area (Å²) in [6.07, 6.45) is 0.0783. The molecule has 2 unspecified atom stereocenters. The standard InChI is InChI=1S/C26H29N3O3S2/c1-17-15-33-26(28-17)34-16-21-6-8-22(9-7-21)24(30)27-12-20-4-10-23(11-5-20)25(31)29-13-18(2)32-19(3)14-29/h4-11,15,18-19H,12-14,16H2,1-3H3,(H,27,30). The minimum absolute atomic E-state index is 0.0147. The number of nitrogens with one attached hydrogen (secondary N) is 1. The maximum Gasteiger partial charge on any atom is 0.254 e. The molecule has 1 N–H and O–H groups in total. The summed E-state index contributed by atoms with van der Waals surface area (Å²) >= 11 is 3.35. The van der Waals surface area contributed by atoms with Gasteiger partial charge in [0.25, 0.3) is 11.8 Å². The van der Waals surface area contributed by atoms with Crippen LogP contribution in [-0.4, -0.2) is 47.0 Å². The van der Waals surface area contributed by atoms with E-state index in [1.165, 1.54) is 0 Å². The van der Waals surface area contributed by atoms with Crippen LogP contribution in [0.25, 0.3) is 0 Å². The Kier molecular flexibility index (Phi) is 8.03. The van der Waals surface area contributed by atoms with E-state index >= 15 is 0 Å². The van der Waals surface area contributed by atoms with Gasteiger partial charge in [-0.05, 0) is 56.2 Å². The Bertz CT molecular complexity index is 1120. The molecule has 2 aromatic carbocycles. The van der Waals surface area contributed by atoms with E-state index < -0.39 is 0 Å². The van der Waals surface area contributed by atoms with Crippen LogP contribution in [0.5, 0.6) is 0 Å². The Labute approximate surface area is 208 Å². The summed E-state index contributed by atoms with van der Waals surface area (Å²) in [5.41, 5.74) is 4.42. The van der Waals surface area contributed by atoms with Crippen LogP contribution in [0.15, 0.2) is 58.3 Å². The summed E-state index contributed by atoms with van der Waals surface area (Å²) in [6, 6.07) is 15.1. The molecule has 6 nitrogen and oxygen atoms in total. The number of rotatable bonds is 7. The summed E-state index contributed by atoms with van der Waals surface area (Å²) in [5, 5.41) is 5.00. The van der Waals surface area contributed by atoms with Gasteiger partial charge >= 0.3 is 0 Å². The number of benzene rings is 2. The number of thiazole rings is 1. The Morgan fingerprint density at radius 1 is 1.03 bits per heavy atom. The van der Waals surface area contributed by atoms with Crippen molar-refractivity contribution in [1.29, 1.82) is 0 Å². The summed E-state index contributed by atoms with van der Waals surface area (Å²) in [6.45, 7) is 7.56. The maximum absolute atomic E-state index is 12.8. The predicted octanol–water partition coefficient (Wildman–Crippen LogP) is 4.92. The predicted molar refractivity (Wildman–Crippen MR) is 136 cm³/mol. The van der Waals surface area contributed by atoms with Gasteiger partial charge in [0.1, 0.15) is 4.34 Å². The first-order valence-electron chi connectivity index (χ1n) is 11.3. The lowest BCUT2D eigenvalue weighted by Gasteiger charge is -2.35. The molecule has 1 saturated heterocycles. The summed E-state index contributed by atoms with van der Waals surface area (Å²) in [5.74, 6) is 0.717. The van der Waals surface area contributed by atoms with E-state index in [0.29, 0.717) is 30.8 Å². The van der Waals surface area contributed by atoms with Crippen LogP contribution in [0, 0.1) is 6.92 Å². The summed E-state index contributed by atoms with van der Waals surface area (Å²) < 4.78 is 6.77. The van der Waals surface area contributed by atoms with Crippen LogP contribution in [0.1, 0.15) is 51.4 Å². The maximum atomic E-state index is 12.8. The van der Waals surface area contributed by atoms with E-state index in [1.807, 2.05) is 79.6 Å². The Balaban J connectivity index is 1.26. The molecule has 2 amide bonds. The Hall–Kier alpha value is -2.68. The number of carbonyl (C=O) groups excluding carboxylic acids is 2. The topological polar surface area (TPSA) is 71.5 Å². The van der Waals surface area contributed by atoms with E-state index in [1.54, 1.807) is 23.1 Å².